The number of nitro groups is 1. The number of rotatable bonds is 5. The van der Waals surface area contributed by atoms with E-state index in [1.165, 1.54) is 19.2 Å². The van der Waals surface area contributed by atoms with Gasteiger partial charge in [-0.25, -0.2) is 0 Å². The summed E-state index contributed by atoms with van der Waals surface area (Å²) in [6.45, 7) is 0.583. The number of methoxy groups -OCH3 is 1. The summed E-state index contributed by atoms with van der Waals surface area (Å²) in [6, 6.07) is 6.48. The fourth-order valence-corrected chi connectivity index (χ4v) is 2.79. The molecule has 2 aromatic rings. The number of nitrogens with zero attached hydrogens (tertiary/aromatic N) is 1. The molecule has 0 atom stereocenters. The number of ether oxygens (including phenoxy) is 1. The van der Waals surface area contributed by atoms with Crippen LogP contribution in [0.2, 0.25) is 0 Å². The van der Waals surface area contributed by atoms with Gasteiger partial charge in [-0.3, -0.25) is 10.1 Å². The number of non-ortho nitro benzene ring substituents is 1. The van der Waals surface area contributed by atoms with Gasteiger partial charge in [-0.15, -0.1) is 11.3 Å². The highest BCUT2D eigenvalue weighted by molar-refractivity contribution is 9.11. The standard InChI is InChI=1S/C12H11BrN2O3S/c1-18-11-3-2-9(15(16)17)5-10(11)14-6-8-4-12(13)19-7-8/h2-5,7,14H,6H2,1H3. The zero-order chi connectivity index (χ0) is 13.8. The minimum Gasteiger partial charge on any atom is -0.495 e. The van der Waals surface area contributed by atoms with Crippen LogP contribution in [-0.4, -0.2) is 12.0 Å². The molecule has 0 spiro atoms. The molecule has 2 rings (SSSR count). The molecule has 0 aliphatic heterocycles. The number of nitrogens with one attached hydrogen (secondary N) is 1. The summed E-state index contributed by atoms with van der Waals surface area (Å²) in [5.74, 6) is 0.583. The lowest BCUT2D eigenvalue weighted by Crippen LogP contribution is -2.01. The summed E-state index contributed by atoms with van der Waals surface area (Å²) < 4.78 is 6.23. The molecule has 0 amide bonds. The van der Waals surface area contributed by atoms with Gasteiger partial charge in [0.15, 0.2) is 0 Å². The molecule has 1 heterocycles. The third kappa shape index (κ3) is 3.45. The van der Waals surface area contributed by atoms with Crippen LogP contribution in [0.4, 0.5) is 11.4 Å². The predicted molar refractivity (Wildman–Crippen MR) is 79.0 cm³/mol. The van der Waals surface area contributed by atoms with E-state index in [4.69, 9.17) is 4.74 Å². The van der Waals surface area contributed by atoms with Crippen molar-refractivity contribution in [3.8, 4) is 5.75 Å². The average molecular weight is 343 g/mol. The molecule has 0 bridgehead atoms. The van der Waals surface area contributed by atoms with E-state index in [9.17, 15) is 10.1 Å². The lowest BCUT2D eigenvalue weighted by Gasteiger charge is -2.10. The predicted octanol–water partition coefficient (Wildman–Crippen LogP) is 4.04. The van der Waals surface area contributed by atoms with E-state index >= 15 is 0 Å². The monoisotopic (exact) mass is 342 g/mol. The Labute approximate surface area is 122 Å². The van der Waals surface area contributed by atoms with Gasteiger partial charge in [0.05, 0.1) is 21.5 Å². The third-order valence-electron chi connectivity index (χ3n) is 2.50. The molecule has 0 fully saturated rings. The van der Waals surface area contributed by atoms with Gasteiger partial charge in [0.25, 0.3) is 5.69 Å². The highest BCUT2D eigenvalue weighted by Crippen LogP contribution is 2.30. The lowest BCUT2D eigenvalue weighted by molar-refractivity contribution is -0.384. The molecule has 0 aliphatic carbocycles. The van der Waals surface area contributed by atoms with E-state index in [0.29, 0.717) is 18.0 Å². The largest absolute Gasteiger partial charge is 0.495 e. The molecule has 19 heavy (non-hydrogen) atoms. The number of hydrogen-bond acceptors (Lipinski definition) is 5. The number of thiophene rings is 1. The van der Waals surface area contributed by atoms with Crippen molar-refractivity contribution in [3.63, 3.8) is 0 Å². The van der Waals surface area contributed by atoms with E-state index in [1.54, 1.807) is 17.4 Å². The highest BCUT2D eigenvalue weighted by atomic mass is 79.9. The quantitative estimate of drug-likeness (QED) is 0.657. The Hall–Kier alpha value is -1.60. The molecule has 0 saturated heterocycles. The van der Waals surface area contributed by atoms with Crippen LogP contribution in [0.15, 0.2) is 33.4 Å². The van der Waals surface area contributed by atoms with Crippen LogP contribution in [0.5, 0.6) is 5.75 Å². The normalized spacial score (nSPS) is 10.2. The molecular weight excluding hydrogens is 332 g/mol. The first kappa shape index (κ1) is 13.8. The smallest absolute Gasteiger partial charge is 0.271 e. The van der Waals surface area contributed by atoms with Crippen molar-refractivity contribution in [2.75, 3.05) is 12.4 Å². The second-order valence-corrected chi connectivity index (χ2v) is 6.04. The van der Waals surface area contributed by atoms with Gasteiger partial charge in [0.1, 0.15) is 5.75 Å². The van der Waals surface area contributed by atoms with Gasteiger partial charge < -0.3 is 10.1 Å². The van der Waals surface area contributed by atoms with Crippen LogP contribution < -0.4 is 10.1 Å². The van der Waals surface area contributed by atoms with Gasteiger partial charge in [-0.2, -0.15) is 0 Å². The van der Waals surface area contributed by atoms with Crippen LogP contribution in [0.25, 0.3) is 0 Å². The van der Waals surface area contributed by atoms with Gasteiger partial charge in [0.2, 0.25) is 0 Å². The van der Waals surface area contributed by atoms with Gasteiger partial charge in [-0.05, 0) is 39.0 Å². The highest BCUT2D eigenvalue weighted by Gasteiger charge is 2.11. The van der Waals surface area contributed by atoms with Crippen LogP contribution in [0.1, 0.15) is 5.56 Å². The summed E-state index contributed by atoms with van der Waals surface area (Å²) >= 11 is 4.99. The van der Waals surface area contributed by atoms with E-state index < -0.39 is 4.92 Å². The van der Waals surface area contributed by atoms with Crippen LogP contribution >= 0.6 is 27.3 Å². The number of hydrogen-bond donors (Lipinski definition) is 1. The molecule has 100 valence electrons. The Morgan fingerprint density at radius 3 is 2.84 bits per heavy atom. The van der Waals surface area contributed by atoms with E-state index in [2.05, 4.69) is 21.2 Å². The van der Waals surface area contributed by atoms with Crippen molar-refractivity contribution >= 4 is 38.6 Å². The number of halogens is 1. The molecule has 0 unspecified atom stereocenters. The van der Waals surface area contributed by atoms with Crippen molar-refractivity contribution in [1.29, 1.82) is 0 Å². The maximum Gasteiger partial charge on any atom is 0.271 e. The Bertz CT molecular complexity index is 600. The fraction of sp³-hybridized carbons (Fsp3) is 0.167. The van der Waals surface area contributed by atoms with Gasteiger partial charge in [0, 0.05) is 18.7 Å². The Morgan fingerprint density at radius 2 is 2.26 bits per heavy atom. The number of benzene rings is 1. The van der Waals surface area contributed by atoms with Crippen molar-refractivity contribution < 1.29 is 9.66 Å². The second-order valence-electron chi connectivity index (χ2n) is 3.75. The maximum atomic E-state index is 10.8. The molecule has 0 aliphatic rings. The molecule has 0 saturated carbocycles. The second kappa shape index (κ2) is 6.03. The summed E-state index contributed by atoms with van der Waals surface area (Å²) in [5, 5.41) is 15.9. The summed E-state index contributed by atoms with van der Waals surface area (Å²) in [7, 11) is 1.54. The Morgan fingerprint density at radius 1 is 1.47 bits per heavy atom. The lowest BCUT2D eigenvalue weighted by atomic mass is 10.2. The molecule has 1 aromatic carbocycles. The number of nitro benzene ring substituents is 1. The molecule has 0 radical (unpaired) electrons. The first-order chi connectivity index (χ1) is 9.10. The minimum atomic E-state index is -0.425. The first-order valence-corrected chi connectivity index (χ1v) is 7.06. The summed E-state index contributed by atoms with van der Waals surface area (Å²) in [4.78, 5) is 10.3. The van der Waals surface area contributed by atoms with E-state index in [0.717, 1.165) is 9.35 Å². The van der Waals surface area contributed by atoms with E-state index in [-0.39, 0.29) is 5.69 Å². The van der Waals surface area contributed by atoms with Crippen LogP contribution in [-0.2, 0) is 6.54 Å². The van der Waals surface area contributed by atoms with Crippen LogP contribution in [0, 0.1) is 10.1 Å². The van der Waals surface area contributed by atoms with Crippen LogP contribution in [0.3, 0.4) is 0 Å². The molecular formula is C12H11BrN2O3S. The fourth-order valence-electron chi connectivity index (χ4n) is 1.58. The Balaban J connectivity index is 2.17. The summed E-state index contributed by atoms with van der Waals surface area (Å²) in [5.41, 5.74) is 1.75. The topological polar surface area (TPSA) is 64.4 Å². The van der Waals surface area contributed by atoms with Gasteiger partial charge in [-0.1, -0.05) is 0 Å². The van der Waals surface area contributed by atoms with Crippen molar-refractivity contribution in [3.05, 3.63) is 49.1 Å². The van der Waals surface area contributed by atoms with E-state index in [1.807, 2.05) is 11.4 Å². The van der Waals surface area contributed by atoms with Gasteiger partial charge >= 0.3 is 0 Å². The molecule has 1 aromatic heterocycles. The van der Waals surface area contributed by atoms with Crippen molar-refractivity contribution in [1.82, 2.24) is 0 Å². The Kier molecular flexibility index (Phi) is 4.39. The first-order valence-electron chi connectivity index (χ1n) is 5.39. The molecule has 5 nitrogen and oxygen atoms in total. The minimum absolute atomic E-state index is 0.0369. The molecule has 7 heteroatoms. The molecule has 1 N–H and O–H groups in total. The van der Waals surface area contributed by atoms with Crippen molar-refractivity contribution in [2.24, 2.45) is 0 Å². The third-order valence-corrected chi connectivity index (χ3v) is 4.05. The zero-order valence-electron chi connectivity index (χ0n) is 10.1. The number of anilines is 1. The average Bonchev–Trinajstić information content (AvgIpc) is 2.81. The maximum absolute atomic E-state index is 10.8. The van der Waals surface area contributed by atoms with Crippen molar-refractivity contribution in [2.45, 2.75) is 6.54 Å². The zero-order valence-corrected chi connectivity index (χ0v) is 12.5. The SMILES string of the molecule is COc1ccc([N+](=O)[O-])cc1NCc1csc(Br)c1. The summed E-state index contributed by atoms with van der Waals surface area (Å²) in [6.07, 6.45) is 0.